The fourth-order valence-electron chi connectivity index (χ4n) is 2.69. The molecule has 5 nitrogen and oxygen atoms in total. The molecule has 1 saturated heterocycles. The van der Waals surface area contributed by atoms with Gasteiger partial charge in [-0.3, -0.25) is 4.79 Å². The van der Waals surface area contributed by atoms with Gasteiger partial charge in [0.05, 0.1) is 7.11 Å². The van der Waals surface area contributed by atoms with Crippen LogP contribution in [0.1, 0.15) is 10.4 Å². The summed E-state index contributed by atoms with van der Waals surface area (Å²) in [4.78, 5) is 20.7. The van der Waals surface area contributed by atoms with Crippen LogP contribution in [-0.4, -0.2) is 49.1 Å². The number of para-hydroxylation sites is 1. The molecular formula is C17H18ClN3O2. The van der Waals surface area contributed by atoms with Gasteiger partial charge in [-0.2, -0.15) is 0 Å². The lowest BCUT2D eigenvalue weighted by Crippen LogP contribution is -2.48. The second kappa shape index (κ2) is 6.87. The molecule has 1 aromatic carbocycles. The smallest absolute Gasteiger partial charge is 0.254 e. The second-order valence-electron chi connectivity index (χ2n) is 5.34. The zero-order valence-electron chi connectivity index (χ0n) is 12.9. The average molecular weight is 332 g/mol. The van der Waals surface area contributed by atoms with E-state index in [-0.39, 0.29) is 11.1 Å². The summed E-state index contributed by atoms with van der Waals surface area (Å²) in [7, 11) is 1.51. The molecule has 3 rings (SSSR count). The number of methoxy groups -OCH3 is 1. The third-order valence-corrected chi connectivity index (χ3v) is 4.11. The SMILES string of the molecule is COc1cc(C(=O)N2CCN(c3ccccc3)CC2)cc(Cl)n1. The maximum Gasteiger partial charge on any atom is 0.254 e. The fraction of sp³-hybridized carbons (Fsp3) is 0.294. The van der Waals surface area contributed by atoms with Gasteiger partial charge in [-0.05, 0) is 18.2 Å². The molecule has 0 bridgehead atoms. The predicted molar refractivity (Wildman–Crippen MR) is 90.4 cm³/mol. The molecular weight excluding hydrogens is 314 g/mol. The van der Waals surface area contributed by atoms with E-state index < -0.39 is 0 Å². The molecule has 0 aliphatic carbocycles. The molecule has 2 heterocycles. The topological polar surface area (TPSA) is 45.7 Å². The zero-order valence-corrected chi connectivity index (χ0v) is 13.7. The Balaban J connectivity index is 1.68. The highest BCUT2D eigenvalue weighted by Gasteiger charge is 2.23. The minimum Gasteiger partial charge on any atom is -0.481 e. The number of piperazine rings is 1. The average Bonchev–Trinajstić information content (AvgIpc) is 2.61. The van der Waals surface area contributed by atoms with E-state index in [0.717, 1.165) is 13.1 Å². The van der Waals surface area contributed by atoms with Crippen molar-refractivity contribution >= 4 is 23.2 Å². The molecule has 0 N–H and O–H groups in total. The summed E-state index contributed by atoms with van der Waals surface area (Å²) in [5.41, 5.74) is 1.70. The number of carbonyl (C=O) groups is 1. The van der Waals surface area contributed by atoms with E-state index in [1.165, 1.54) is 12.8 Å². The molecule has 2 aromatic rings. The molecule has 1 aliphatic heterocycles. The van der Waals surface area contributed by atoms with E-state index >= 15 is 0 Å². The first kappa shape index (κ1) is 15.6. The Kier molecular flexibility index (Phi) is 4.67. The summed E-state index contributed by atoms with van der Waals surface area (Å²) in [5.74, 6) is 0.309. The number of hydrogen-bond acceptors (Lipinski definition) is 4. The summed E-state index contributed by atoms with van der Waals surface area (Å²) in [6, 6.07) is 13.4. The van der Waals surface area contributed by atoms with Crippen LogP contribution in [-0.2, 0) is 0 Å². The molecule has 23 heavy (non-hydrogen) atoms. The van der Waals surface area contributed by atoms with E-state index in [0.29, 0.717) is 24.5 Å². The summed E-state index contributed by atoms with van der Waals surface area (Å²) in [6.07, 6.45) is 0. The van der Waals surface area contributed by atoms with Crippen LogP contribution in [0.4, 0.5) is 5.69 Å². The Morgan fingerprint density at radius 3 is 2.48 bits per heavy atom. The predicted octanol–water partition coefficient (Wildman–Crippen LogP) is 2.71. The quantitative estimate of drug-likeness (QED) is 0.811. The third kappa shape index (κ3) is 3.56. The lowest BCUT2D eigenvalue weighted by molar-refractivity contribution is 0.0746. The first-order valence-electron chi connectivity index (χ1n) is 7.48. The molecule has 1 fully saturated rings. The van der Waals surface area contributed by atoms with Crippen molar-refractivity contribution in [3.05, 3.63) is 53.2 Å². The summed E-state index contributed by atoms with van der Waals surface area (Å²) in [6.45, 7) is 2.98. The van der Waals surface area contributed by atoms with Gasteiger partial charge in [0.15, 0.2) is 0 Å². The van der Waals surface area contributed by atoms with Gasteiger partial charge in [-0.1, -0.05) is 29.8 Å². The number of pyridine rings is 1. The number of aromatic nitrogens is 1. The maximum atomic E-state index is 12.6. The zero-order chi connectivity index (χ0) is 16.2. The molecule has 120 valence electrons. The van der Waals surface area contributed by atoms with Gasteiger partial charge >= 0.3 is 0 Å². The van der Waals surface area contributed by atoms with Crippen molar-refractivity contribution in [3.63, 3.8) is 0 Å². The van der Waals surface area contributed by atoms with Crippen LogP contribution < -0.4 is 9.64 Å². The van der Waals surface area contributed by atoms with Crippen LogP contribution in [0.15, 0.2) is 42.5 Å². The Bertz CT molecular complexity index is 685. The van der Waals surface area contributed by atoms with Gasteiger partial charge in [0.1, 0.15) is 5.15 Å². The molecule has 1 aromatic heterocycles. The number of benzene rings is 1. The number of nitrogens with zero attached hydrogens (tertiary/aromatic N) is 3. The summed E-state index contributed by atoms with van der Waals surface area (Å²) < 4.78 is 5.07. The van der Waals surface area contributed by atoms with Crippen molar-refractivity contribution in [2.75, 3.05) is 38.2 Å². The van der Waals surface area contributed by atoms with E-state index in [1.807, 2.05) is 23.1 Å². The monoisotopic (exact) mass is 331 g/mol. The van der Waals surface area contributed by atoms with Gasteiger partial charge in [0, 0.05) is 43.5 Å². The first-order chi connectivity index (χ1) is 11.2. The molecule has 0 radical (unpaired) electrons. The van der Waals surface area contributed by atoms with Crippen molar-refractivity contribution in [3.8, 4) is 5.88 Å². The highest BCUT2D eigenvalue weighted by atomic mass is 35.5. The van der Waals surface area contributed by atoms with E-state index in [1.54, 1.807) is 12.1 Å². The number of halogens is 1. The van der Waals surface area contributed by atoms with Crippen molar-refractivity contribution in [2.24, 2.45) is 0 Å². The second-order valence-corrected chi connectivity index (χ2v) is 5.72. The third-order valence-electron chi connectivity index (χ3n) is 3.91. The molecule has 0 atom stereocenters. The maximum absolute atomic E-state index is 12.6. The molecule has 0 spiro atoms. The lowest BCUT2D eigenvalue weighted by Gasteiger charge is -2.36. The highest BCUT2D eigenvalue weighted by Crippen LogP contribution is 2.20. The van der Waals surface area contributed by atoms with Crippen LogP contribution in [0.5, 0.6) is 5.88 Å². The van der Waals surface area contributed by atoms with E-state index in [2.05, 4.69) is 22.0 Å². The number of rotatable bonds is 3. The van der Waals surface area contributed by atoms with Crippen molar-refractivity contribution < 1.29 is 9.53 Å². The van der Waals surface area contributed by atoms with Crippen molar-refractivity contribution in [1.29, 1.82) is 0 Å². The molecule has 6 heteroatoms. The summed E-state index contributed by atoms with van der Waals surface area (Å²) in [5, 5.41) is 0.260. The number of amides is 1. The minimum atomic E-state index is -0.0414. The van der Waals surface area contributed by atoms with Crippen molar-refractivity contribution in [1.82, 2.24) is 9.88 Å². The van der Waals surface area contributed by atoms with Crippen LogP contribution in [0, 0.1) is 0 Å². The standard InChI is InChI=1S/C17H18ClN3O2/c1-23-16-12-13(11-15(18)19-16)17(22)21-9-7-20(8-10-21)14-5-3-2-4-6-14/h2-6,11-12H,7-10H2,1H3. The fourth-order valence-corrected chi connectivity index (χ4v) is 2.89. The van der Waals surface area contributed by atoms with Crippen molar-refractivity contribution in [2.45, 2.75) is 0 Å². The van der Waals surface area contributed by atoms with Crippen LogP contribution >= 0.6 is 11.6 Å². The number of carbonyl (C=O) groups excluding carboxylic acids is 1. The Labute approximate surface area is 140 Å². The van der Waals surface area contributed by atoms with Gasteiger partial charge < -0.3 is 14.5 Å². The first-order valence-corrected chi connectivity index (χ1v) is 7.86. The van der Waals surface area contributed by atoms with Crippen LogP contribution in [0.25, 0.3) is 0 Å². The number of ether oxygens (including phenoxy) is 1. The number of anilines is 1. The normalized spacial score (nSPS) is 14.7. The highest BCUT2D eigenvalue weighted by molar-refractivity contribution is 6.29. The van der Waals surface area contributed by atoms with Crippen LogP contribution in [0.2, 0.25) is 5.15 Å². The van der Waals surface area contributed by atoms with Gasteiger partial charge in [0.2, 0.25) is 5.88 Å². The summed E-state index contributed by atoms with van der Waals surface area (Å²) >= 11 is 5.94. The van der Waals surface area contributed by atoms with Gasteiger partial charge in [-0.25, -0.2) is 4.98 Å². The van der Waals surface area contributed by atoms with E-state index in [9.17, 15) is 4.79 Å². The molecule has 0 unspecified atom stereocenters. The van der Waals surface area contributed by atoms with Crippen LogP contribution in [0.3, 0.4) is 0 Å². The Morgan fingerprint density at radius 2 is 1.83 bits per heavy atom. The Morgan fingerprint density at radius 1 is 1.13 bits per heavy atom. The lowest BCUT2D eigenvalue weighted by atomic mass is 10.2. The van der Waals surface area contributed by atoms with Gasteiger partial charge in [0.25, 0.3) is 5.91 Å². The Hall–Kier alpha value is -2.27. The molecule has 1 amide bonds. The van der Waals surface area contributed by atoms with Gasteiger partial charge in [-0.15, -0.1) is 0 Å². The molecule has 1 aliphatic rings. The van der Waals surface area contributed by atoms with E-state index in [4.69, 9.17) is 16.3 Å². The largest absolute Gasteiger partial charge is 0.481 e. The molecule has 0 saturated carbocycles. The minimum absolute atomic E-state index is 0.0414. The number of hydrogen-bond donors (Lipinski definition) is 0.